The zero-order valence-electron chi connectivity index (χ0n) is 16.9. The molecule has 1 amide bonds. The predicted octanol–water partition coefficient (Wildman–Crippen LogP) is 2.46. The highest BCUT2D eigenvalue weighted by atomic mass is 16.2. The second-order valence-electron chi connectivity index (χ2n) is 8.11. The third kappa shape index (κ3) is 3.98. The van der Waals surface area contributed by atoms with Crippen molar-refractivity contribution in [2.45, 2.75) is 31.8 Å². The van der Waals surface area contributed by atoms with Crippen molar-refractivity contribution < 1.29 is 4.79 Å². The Kier molecular flexibility index (Phi) is 5.27. The number of hydrogen-bond acceptors (Lipinski definition) is 5. The molecule has 1 saturated carbocycles. The van der Waals surface area contributed by atoms with E-state index in [2.05, 4.69) is 49.7 Å². The summed E-state index contributed by atoms with van der Waals surface area (Å²) >= 11 is 0. The zero-order valence-corrected chi connectivity index (χ0v) is 16.9. The topological polar surface area (TPSA) is 75.9 Å². The van der Waals surface area contributed by atoms with Crippen LogP contribution in [0.2, 0.25) is 0 Å². The number of nitrogens with zero attached hydrogens (tertiary/aromatic N) is 5. The molecule has 154 valence electrons. The van der Waals surface area contributed by atoms with Gasteiger partial charge in [-0.2, -0.15) is 0 Å². The lowest BCUT2D eigenvalue weighted by Crippen LogP contribution is -2.41. The third-order valence-electron chi connectivity index (χ3n) is 5.90. The van der Waals surface area contributed by atoms with Crippen molar-refractivity contribution in [3.8, 4) is 0 Å². The summed E-state index contributed by atoms with van der Waals surface area (Å²) in [6.07, 6.45) is 5.09. The lowest BCUT2D eigenvalue weighted by Gasteiger charge is -2.36. The van der Waals surface area contributed by atoms with Crippen LogP contribution in [0.3, 0.4) is 0 Å². The van der Waals surface area contributed by atoms with E-state index in [4.69, 9.17) is 0 Å². The fraction of sp³-hybridized carbons (Fsp3) is 0.391. The molecule has 0 saturated heterocycles. The average molecular weight is 403 g/mol. The van der Waals surface area contributed by atoms with Crippen molar-refractivity contribution in [3.63, 3.8) is 0 Å². The summed E-state index contributed by atoms with van der Waals surface area (Å²) in [6.45, 7) is 3.24. The molecule has 3 aromatic rings. The summed E-state index contributed by atoms with van der Waals surface area (Å²) in [4.78, 5) is 19.6. The first-order chi connectivity index (χ1) is 14.8. The molecule has 1 atom stereocenters. The Morgan fingerprint density at radius 1 is 1.03 bits per heavy atom. The number of aromatic nitrogens is 4. The molecular weight excluding hydrogens is 376 g/mol. The van der Waals surface area contributed by atoms with Crippen LogP contribution in [-0.4, -0.2) is 50.2 Å². The van der Waals surface area contributed by atoms with Crippen LogP contribution in [-0.2, 0) is 13.0 Å². The van der Waals surface area contributed by atoms with Crippen LogP contribution in [0.4, 0.5) is 0 Å². The molecule has 7 nitrogen and oxygen atoms in total. The first-order valence-electron chi connectivity index (χ1n) is 10.7. The SMILES string of the molecule is O=C(NCCc1ccccn1)c1nnc2n1CCN(CC1CC1)[C@H]2c1ccccc1. The number of hydrogen-bond donors (Lipinski definition) is 1. The van der Waals surface area contributed by atoms with Crippen LogP contribution in [0.5, 0.6) is 0 Å². The van der Waals surface area contributed by atoms with Crippen molar-refractivity contribution >= 4 is 5.91 Å². The lowest BCUT2D eigenvalue weighted by atomic mass is 10.0. The van der Waals surface area contributed by atoms with E-state index < -0.39 is 0 Å². The number of rotatable bonds is 7. The van der Waals surface area contributed by atoms with Crippen molar-refractivity contribution in [2.75, 3.05) is 19.6 Å². The highest BCUT2D eigenvalue weighted by Gasteiger charge is 2.36. The van der Waals surface area contributed by atoms with Gasteiger partial charge in [0.15, 0.2) is 5.82 Å². The highest BCUT2D eigenvalue weighted by molar-refractivity contribution is 5.90. The summed E-state index contributed by atoms with van der Waals surface area (Å²) < 4.78 is 2.00. The van der Waals surface area contributed by atoms with E-state index in [9.17, 15) is 4.79 Å². The maximum absolute atomic E-state index is 12.8. The van der Waals surface area contributed by atoms with E-state index in [0.29, 0.717) is 18.8 Å². The van der Waals surface area contributed by atoms with Gasteiger partial charge in [0.05, 0.1) is 6.04 Å². The minimum absolute atomic E-state index is 0.0446. The Bertz CT molecular complexity index is 999. The number of carbonyl (C=O) groups excluding carboxylic acids is 1. The van der Waals surface area contributed by atoms with E-state index >= 15 is 0 Å². The molecule has 1 N–H and O–H groups in total. The normalized spacial score (nSPS) is 18.7. The fourth-order valence-corrected chi connectivity index (χ4v) is 4.18. The number of fused-ring (bicyclic) bond motifs is 1. The van der Waals surface area contributed by atoms with Gasteiger partial charge >= 0.3 is 0 Å². The monoisotopic (exact) mass is 402 g/mol. The lowest BCUT2D eigenvalue weighted by molar-refractivity contribution is 0.0932. The number of pyridine rings is 1. The number of amides is 1. The second kappa shape index (κ2) is 8.36. The minimum Gasteiger partial charge on any atom is -0.349 e. The third-order valence-corrected chi connectivity index (χ3v) is 5.90. The Morgan fingerprint density at radius 2 is 1.87 bits per heavy atom. The molecule has 0 radical (unpaired) electrons. The number of carbonyl (C=O) groups is 1. The zero-order chi connectivity index (χ0) is 20.3. The van der Waals surface area contributed by atoms with E-state index in [1.807, 2.05) is 28.8 Å². The van der Waals surface area contributed by atoms with Gasteiger partial charge in [-0.1, -0.05) is 36.4 Å². The quantitative estimate of drug-likeness (QED) is 0.657. The van der Waals surface area contributed by atoms with Gasteiger partial charge < -0.3 is 9.88 Å². The molecular formula is C23H26N6O. The van der Waals surface area contributed by atoms with Crippen LogP contribution in [0.15, 0.2) is 54.7 Å². The molecule has 1 aromatic carbocycles. The Labute approximate surface area is 176 Å². The molecule has 3 heterocycles. The molecule has 2 aromatic heterocycles. The molecule has 7 heteroatoms. The van der Waals surface area contributed by atoms with Crippen LogP contribution < -0.4 is 5.32 Å². The first-order valence-corrected chi connectivity index (χ1v) is 10.7. The summed E-state index contributed by atoms with van der Waals surface area (Å²) in [5.74, 6) is 1.88. The summed E-state index contributed by atoms with van der Waals surface area (Å²) in [6, 6.07) is 16.3. The van der Waals surface area contributed by atoms with Gasteiger partial charge in [-0.25, -0.2) is 0 Å². The van der Waals surface area contributed by atoms with E-state index in [1.165, 1.54) is 18.4 Å². The predicted molar refractivity (Wildman–Crippen MR) is 113 cm³/mol. The summed E-state index contributed by atoms with van der Waals surface area (Å²) in [7, 11) is 0. The largest absolute Gasteiger partial charge is 0.349 e. The molecule has 1 fully saturated rings. The van der Waals surface area contributed by atoms with Gasteiger partial charge in [-0.05, 0) is 36.5 Å². The Hall–Kier alpha value is -3.06. The Morgan fingerprint density at radius 3 is 2.63 bits per heavy atom. The van der Waals surface area contributed by atoms with E-state index in [1.54, 1.807) is 6.20 Å². The molecule has 5 rings (SSSR count). The molecule has 2 aliphatic rings. The number of benzene rings is 1. The van der Waals surface area contributed by atoms with Crippen LogP contribution in [0.25, 0.3) is 0 Å². The summed E-state index contributed by atoms with van der Waals surface area (Å²) in [5, 5.41) is 11.7. The number of nitrogens with one attached hydrogen (secondary N) is 1. The standard InChI is InChI=1S/C23H26N6O/c30-23(25-13-11-19-8-4-5-12-24-19)22-27-26-21-20(18-6-2-1-3-7-18)28(14-15-29(21)22)16-17-9-10-17/h1-8,12,17,20H,9-11,13-16H2,(H,25,30)/t20-/m0/s1. The Balaban J connectivity index is 1.34. The molecule has 0 unspecified atom stereocenters. The second-order valence-corrected chi connectivity index (χ2v) is 8.11. The van der Waals surface area contributed by atoms with Gasteiger partial charge in [-0.3, -0.25) is 14.7 Å². The van der Waals surface area contributed by atoms with Crippen molar-refractivity contribution in [3.05, 3.63) is 77.6 Å². The molecule has 1 aliphatic carbocycles. The molecule has 30 heavy (non-hydrogen) atoms. The van der Waals surface area contributed by atoms with Crippen LogP contribution in [0, 0.1) is 5.92 Å². The van der Waals surface area contributed by atoms with Gasteiger partial charge in [-0.15, -0.1) is 10.2 Å². The summed E-state index contributed by atoms with van der Waals surface area (Å²) in [5.41, 5.74) is 2.16. The van der Waals surface area contributed by atoms with Crippen LogP contribution in [0.1, 0.15) is 46.6 Å². The average Bonchev–Trinajstić information content (AvgIpc) is 3.50. The van der Waals surface area contributed by atoms with Gasteiger partial charge in [0.1, 0.15) is 0 Å². The van der Waals surface area contributed by atoms with Crippen molar-refractivity contribution in [1.29, 1.82) is 0 Å². The molecule has 0 bridgehead atoms. The van der Waals surface area contributed by atoms with Gasteiger partial charge in [0.25, 0.3) is 5.91 Å². The first kappa shape index (κ1) is 18.9. The van der Waals surface area contributed by atoms with E-state index in [0.717, 1.165) is 37.1 Å². The van der Waals surface area contributed by atoms with E-state index in [-0.39, 0.29) is 11.9 Å². The van der Waals surface area contributed by atoms with Gasteiger partial charge in [0.2, 0.25) is 5.82 Å². The maximum atomic E-state index is 12.8. The minimum atomic E-state index is -0.174. The van der Waals surface area contributed by atoms with Gasteiger partial charge in [0, 0.05) is 44.5 Å². The highest BCUT2D eigenvalue weighted by Crippen LogP contribution is 2.36. The fourth-order valence-electron chi connectivity index (χ4n) is 4.18. The molecule has 0 spiro atoms. The maximum Gasteiger partial charge on any atom is 0.289 e. The van der Waals surface area contributed by atoms with Crippen molar-refractivity contribution in [1.82, 2.24) is 30.0 Å². The smallest absolute Gasteiger partial charge is 0.289 e. The molecule has 1 aliphatic heterocycles. The van der Waals surface area contributed by atoms with Crippen LogP contribution >= 0.6 is 0 Å². The van der Waals surface area contributed by atoms with Crippen molar-refractivity contribution in [2.24, 2.45) is 5.92 Å².